The van der Waals surface area contributed by atoms with Crippen LogP contribution < -0.4 is 11.1 Å². The normalized spacial score (nSPS) is 21.9. The molecule has 0 aliphatic carbocycles. The molecule has 0 aromatic heterocycles. The average Bonchev–Trinajstić information content (AvgIpc) is 2.20. The molecule has 0 aromatic rings. The van der Waals surface area contributed by atoms with Gasteiger partial charge in [0.1, 0.15) is 0 Å². The first-order valence-electron chi connectivity index (χ1n) is 6.67. The molecular formula is C13H29N3. The molecule has 0 unspecified atom stereocenters. The summed E-state index contributed by atoms with van der Waals surface area (Å²) in [6, 6.07) is 0.528. The van der Waals surface area contributed by atoms with Crippen LogP contribution in [-0.2, 0) is 0 Å². The minimum Gasteiger partial charge on any atom is -0.329 e. The zero-order valence-corrected chi connectivity index (χ0v) is 11.4. The molecule has 0 amide bonds. The molecule has 1 fully saturated rings. The number of hydrogen-bond acceptors (Lipinski definition) is 3. The molecule has 0 bridgehead atoms. The maximum absolute atomic E-state index is 5.95. The Balaban J connectivity index is 2.44. The smallest absolute Gasteiger partial charge is 0.0330 e. The molecule has 0 aromatic carbocycles. The molecular weight excluding hydrogens is 198 g/mol. The van der Waals surface area contributed by atoms with E-state index >= 15 is 0 Å². The summed E-state index contributed by atoms with van der Waals surface area (Å²) in [4.78, 5) is 2.57. The summed E-state index contributed by atoms with van der Waals surface area (Å²) in [7, 11) is 0. The predicted molar refractivity (Wildman–Crippen MR) is 70.6 cm³/mol. The first-order valence-corrected chi connectivity index (χ1v) is 6.67. The van der Waals surface area contributed by atoms with E-state index in [1.807, 2.05) is 0 Å². The van der Waals surface area contributed by atoms with Crippen molar-refractivity contribution >= 4 is 0 Å². The number of hydrogen-bond donors (Lipinski definition) is 2. The van der Waals surface area contributed by atoms with Crippen molar-refractivity contribution in [2.75, 3.05) is 26.2 Å². The van der Waals surface area contributed by atoms with Crippen LogP contribution in [-0.4, -0.2) is 42.7 Å². The third-order valence-corrected chi connectivity index (χ3v) is 3.42. The van der Waals surface area contributed by atoms with Crippen LogP contribution in [0.1, 0.15) is 40.5 Å². The van der Waals surface area contributed by atoms with E-state index in [4.69, 9.17) is 5.73 Å². The predicted octanol–water partition coefficient (Wildman–Crippen LogP) is 1.43. The van der Waals surface area contributed by atoms with Gasteiger partial charge in [0.15, 0.2) is 0 Å². The van der Waals surface area contributed by atoms with Crippen molar-refractivity contribution in [1.82, 2.24) is 10.2 Å². The molecule has 0 spiro atoms. The average molecular weight is 227 g/mol. The minimum atomic E-state index is 0.196. The Bertz CT molecular complexity index is 193. The van der Waals surface area contributed by atoms with Gasteiger partial charge in [0.25, 0.3) is 0 Å². The van der Waals surface area contributed by atoms with Crippen LogP contribution in [0.2, 0.25) is 0 Å². The Morgan fingerprint density at radius 3 is 2.12 bits per heavy atom. The van der Waals surface area contributed by atoms with Crippen LogP contribution in [0.3, 0.4) is 0 Å². The summed E-state index contributed by atoms with van der Waals surface area (Å²) in [5.74, 6) is 0.767. The second-order valence-corrected chi connectivity index (χ2v) is 5.98. The van der Waals surface area contributed by atoms with Gasteiger partial charge in [0.05, 0.1) is 0 Å². The minimum absolute atomic E-state index is 0.196. The molecule has 0 atom stereocenters. The second kappa shape index (κ2) is 5.99. The molecule has 1 saturated heterocycles. The summed E-state index contributed by atoms with van der Waals surface area (Å²) in [5.41, 5.74) is 6.15. The van der Waals surface area contributed by atoms with Crippen LogP contribution >= 0.6 is 0 Å². The molecule has 0 saturated carbocycles. The zero-order valence-electron chi connectivity index (χ0n) is 11.4. The number of nitrogens with one attached hydrogen (secondary N) is 1. The lowest BCUT2D eigenvalue weighted by atomic mass is 9.86. The van der Waals surface area contributed by atoms with Crippen molar-refractivity contribution < 1.29 is 0 Å². The highest BCUT2D eigenvalue weighted by Gasteiger charge is 2.33. The van der Waals surface area contributed by atoms with Gasteiger partial charge in [0, 0.05) is 24.7 Å². The highest BCUT2D eigenvalue weighted by molar-refractivity contribution is 4.95. The lowest BCUT2D eigenvalue weighted by molar-refractivity contribution is 0.122. The van der Waals surface area contributed by atoms with E-state index in [-0.39, 0.29) is 5.54 Å². The summed E-state index contributed by atoms with van der Waals surface area (Å²) < 4.78 is 0. The molecule has 3 nitrogen and oxygen atoms in total. The van der Waals surface area contributed by atoms with Crippen molar-refractivity contribution in [3.8, 4) is 0 Å². The first-order chi connectivity index (χ1) is 7.47. The van der Waals surface area contributed by atoms with Crippen LogP contribution in [0.15, 0.2) is 0 Å². The first kappa shape index (κ1) is 13.9. The standard InChI is InChI=1S/C13H29N3/c1-11(2)9-16-7-5-13(10-14,6-8-16)15-12(3)4/h11-12,15H,5-10,14H2,1-4H3. The summed E-state index contributed by atoms with van der Waals surface area (Å²) in [6.07, 6.45) is 2.38. The molecule has 3 heteroatoms. The second-order valence-electron chi connectivity index (χ2n) is 5.98. The number of nitrogens with two attached hydrogens (primary N) is 1. The van der Waals surface area contributed by atoms with Gasteiger partial charge in [-0.15, -0.1) is 0 Å². The topological polar surface area (TPSA) is 41.3 Å². The maximum Gasteiger partial charge on any atom is 0.0330 e. The fraction of sp³-hybridized carbons (Fsp3) is 1.00. The molecule has 1 rings (SSSR count). The van der Waals surface area contributed by atoms with E-state index in [0.29, 0.717) is 6.04 Å². The van der Waals surface area contributed by atoms with E-state index < -0.39 is 0 Å². The van der Waals surface area contributed by atoms with E-state index in [0.717, 1.165) is 12.5 Å². The molecule has 16 heavy (non-hydrogen) atoms. The zero-order chi connectivity index (χ0) is 12.2. The van der Waals surface area contributed by atoms with Crippen molar-refractivity contribution in [3.63, 3.8) is 0 Å². The molecule has 1 aliphatic heterocycles. The largest absolute Gasteiger partial charge is 0.329 e. The Labute approximate surface area is 101 Å². The van der Waals surface area contributed by atoms with E-state index in [1.165, 1.54) is 32.5 Å². The van der Waals surface area contributed by atoms with Gasteiger partial charge in [-0.2, -0.15) is 0 Å². The Kier molecular flexibility index (Phi) is 5.22. The van der Waals surface area contributed by atoms with Crippen molar-refractivity contribution in [2.24, 2.45) is 11.7 Å². The van der Waals surface area contributed by atoms with E-state index in [9.17, 15) is 0 Å². The molecule has 96 valence electrons. The quantitative estimate of drug-likeness (QED) is 0.746. The van der Waals surface area contributed by atoms with Crippen LogP contribution in [0, 0.1) is 5.92 Å². The SMILES string of the molecule is CC(C)CN1CCC(CN)(NC(C)C)CC1. The van der Waals surface area contributed by atoms with Gasteiger partial charge in [-0.1, -0.05) is 27.7 Å². The molecule has 3 N–H and O–H groups in total. The Morgan fingerprint density at radius 1 is 1.19 bits per heavy atom. The van der Waals surface area contributed by atoms with Gasteiger partial charge in [0.2, 0.25) is 0 Å². The molecule has 1 heterocycles. The highest BCUT2D eigenvalue weighted by atomic mass is 15.2. The summed E-state index contributed by atoms with van der Waals surface area (Å²) >= 11 is 0. The fourth-order valence-corrected chi connectivity index (χ4v) is 2.70. The summed E-state index contributed by atoms with van der Waals surface area (Å²) in [5, 5.41) is 3.67. The van der Waals surface area contributed by atoms with Gasteiger partial charge in [-0.3, -0.25) is 0 Å². The highest BCUT2D eigenvalue weighted by Crippen LogP contribution is 2.22. The lowest BCUT2D eigenvalue weighted by Crippen LogP contribution is -2.59. The lowest BCUT2D eigenvalue weighted by Gasteiger charge is -2.43. The van der Waals surface area contributed by atoms with Gasteiger partial charge < -0.3 is 16.0 Å². The number of rotatable bonds is 5. The Hall–Kier alpha value is -0.120. The van der Waals surface area contributed by atoms with E-state index in [2.05, 4.69) is 37.9 Å². The fourth-order valence-electron chi connectivity index (χ4n) is 2.70. The van der Waals surface area contributed by atoms with E-state index in [1.54, 1.807) is 0 Å². The summed E-state index contributed by atoms with van der Waals surface area (Å²) in [6.45, 7) is 13.4. The van der Waals surface area contributed by atoms with Crippen molar-refractivity contribution in [1.29, 1.82) is 0 Å². The van der Waals surface area contributed by atoms with Crippen molar-refractivity contribution in [3.05, 3.63) is 0 Å². The van der Waals surface area contributed by atoms with Crippen LogP contribution in [0.5, 0.6) is 0 Å². The molecule has 0 radical (unpaired) electrons. The van der Waals surface area contributed by atoms with Crippen molar-refractivity contribution in [2.45, 2.75) is 52.1 Å². The maximum atomic E-state index is 5.95. The van der Waals surface area contributed by atoms with Gasteiger partial charge in [-0.05, 0) is 31.8 Å². The van der Waals surface area contributed by atoms with Crippen LogP contribution in [0.25, 0.3) is 0 Å². The number of likely N-dealkylation sites (tertiary alicyclic amines) is 1. The molecule has 1 aliphatic rings. The third-order valence-electron chi connectivity index (χ3n) is 3.42. The van der Waals surface area contributed by atoms with Gasteiger partial charge in [-0.25, -0.2) is 0 Å². The Morgan fingerprint density at radius 2 is 1.75 bits per heavy atom. The number of nitrogens with zero attached hydrogens (tertiary/aromatic N) is 1. The third kappa shape index (κ3) is 4.04. The van der Waals surface area contributed by atoms with Crippen LogP contribution in [0.4, 0.5) is 0 Å². The number of piperidine rings is 1. The van der Waals surface area contributed by atoms with Gasteiger partial charge >= 0.3 is 0 Å². The monoisotopic (exact) mass is 227 g/mol.